The van der Waals surface area contributed by atoms with Gasteiger partial charge < -0.3 is 23.8 Å². The van der Waals surface area contributed by atoms with Crippen molar-refractivity contribution in [2.75, 3.05) is 28.4 Å². The van der Waals surface area contributed by atoms with Crippen LogP contribution < -0.4 is 14.2 Å². The van der Waals surface area contributed by atoms with E-state index in [2.05, 4.69) is 22.9 Å². The summed E-state index contributed by atoms with van der Waals surface area (Å²) in [5.74, 6) is 1.65. The lowest BCUT2D eigenvalue weighted by Gasteiger charge is -2.30. The van der Waals surface area contributed by atoms with Crippen molar-refractivity contribution in [1.29, 1.82) is 0 Å². The second-order valence-electron chi connectivity index (χ2n) is 6.25. The van der Waals surface area contributed by atoms with E-state index < -0.39 is 6.09 Å². The quantitative estimate of drug-likeness (QED) is 0.538. The van der Waals surface area contributed by atoms with E-state index in [1.165, 1.54) is 7.11 Å². The molecule has 148 valence electrons. The van der Waals surface area contributed by atoms with Crippen LogP contribution in [0.2, 0.25) is 0 Å². The monoisotopic (exact) mass is 431 g/mol. The average molecular weight is 432 g/mol. The molecule has 0 N–H and O–H groups in total. The van der Waals surface area contributed by atoms with Gasteiger partial charge in [-0.3, -0.25) is 0 Å². The second kappa shape index (κ2) is 10.5. The van der Waals surface area contributed by atoms with Crippen molar-refractivity contribution in [2.45, 2.75) is 52.2 Å². The van der Waals surface area contributed by atoms with Crippen LogP contribution in [0.1, 0.15) is 51.6 Å². The Balaban J connectivity index is 3.52. The van der Waals surface area contributed by atoms with Gasteiger partial charge in [-0.15, -0.1) is 0 Å². The molecule has 1 amide bonds. The normalized spacial score (nSPS) is 11.9. The topological polar surface area (TPSA) is 57.2 Å². The van der Waals surface area contributed by atoms with Crippen molar-refractivity contribution in [3.63, 3.8) is 0 Å². The maximum atomic E-state index is 12.1. The summed E-state index contributed by atoms with van der Waals surface area (Å²) in [6.07, 6.45) is 2.35. The Morgan fingerprint density at radius 1 is 1.19 bits per heavy atom. The minimum absolute atomic E-state index is 0.0378. The van der Waals surface area contributed by atoms with Gasteiger partial charge in [0.2, 0.25) is 5.75 Å². The van der Waals surface area contributed by atoms with Gasteiger partial charge >= 0.3 is 6.09 Å². The molecule has 1 aromatic carbocycles. The van der Waals surface area contributed by atoms with Crippen molar-refractivity contribution in [3.8, 4) is 17.2 Å². The van der Waals surface area contributed by atoms with Gasteiger partial charge in [0.1, 0.15) is 0 Å². The van der Waals surface area contributed by atoms with Crippen molar-refractivity contribution < 1.29 is 23.7 Å². The van der Waals surface area contributed by atoms with Crippen LogP contribution in [-0.2, 0) is 4.74 Å². The number of hydrogen-bond donors (Lipinski definition) is 0. The molecule has 1 aromatic rings. The molecule has 1 rings (SSSR count). The molecule has 0 radical (unpaired) electrons. The minimum Gasteiger partial charge on any atom is -0.493 e. The summed E-state index contributed by atoms with van der Waals surface area (Å²) in [7, 11) is 6.29. The third kappa shape index (κ3) is 5.19. The summed E-state index contributed by atoms with van der Waals surface area (Å²) < 4.78 is 22.7. The first kappa shape index (κ1) is 22.4. The van der Waals surface area contributed by atoms with Crippen LogP contribution in [0.3, 0.4) is 0 Å². The first-order valence-corrected chi connectivity index (χ1v) is 9.53. The van der Waals surface area contributed by atoms with Gasteiger partial charge in [0.15, 0.2) is 11.5 Å². The van der Waals surface area contributed by atoms with E-state index in [-0.39, 0.29) is 12.1 Å². The van der Waals surface area contributed by atoms with E-state index in [0.29, 0.717) is 17.2 Å². The van der Waals surface area contributed by atoms with Crippen LogP contribution in [0.15, 0.2) is 10.5 Å². The molecule has 0 spiro atoms. The zero-order valence-electron chi connectivity index (χ0n) is 16.7. The van der Waals surface area contributed by atoms with Crippen LogP contribution in [0.4, 0.5) is 4.79 Å². The van der Waals surface area contributed by atoms with Crippen LogP contribution in [0.5, 0.6) is 17.2 Å². The average Bonchev–Trinajstić information content (AvgIpc) is 2.62. The van der Waals surface area contributed by atoms with Gasteiger partial charge in [0.05, 0.1) is 37.9 Å². The first-order chi connectivity index (χ1) is 12.3. The third-order valence-electron chi connectivity index (χ3n) is 4.07. The molecule has 26 heavy (non-hydrogen) atoms. The predicted molar refractivity (Wildman–Crippen MR) is 105 cm³/mol. The first-order valence-electron chi connectivity index (χ1n) is 8.74. The van der Waals surface area contributed by atoms with Crippen molar-refractivity contribution in [3.05, 3.63) is 16.1 Å². The zero-order chi connectivity index (χ0) is 19.9. The summed E-state index contributed by atoms with van der Waals surface area (Å²) >= 11 is 3.64. The fourth-order valence-corrected chi connectivity index (χ4v) is 3.48. The number of carbonyl (C=O) groups excluding carboxylic acids is 1. The molecular formula is C19H30BrNO5. The zero-order valence-corrected chi connectivity index (χ0v) is 18.3. The van der Waals surface area contributed by atoms with E-state index in [1.807, 2.05) is 19.9 Å². The SMILES string of the molecule is CCCC[C@@H](c1cc(OC)c(OC(C)C)c(OC)c1Br)N(C)C(=O)OC. The van der Waals surface area contributed by atoms with Crippen LogP contribution in [0, 0.1) is 0 Å². The smallest absolute Gasteiger partial charge is 0.409 e. The highest BCUT2D eigenvalue weighted by Gasteiger charge is 2.29. The highest BCUT2D eigenvalue weighted by Crippen LogP contribution is 2.48. The largest absolute Gasteiger partial charge is 0.493 e. The van der Waals surface area contributed by atoms with Gasteiger partial charge in [-0.2, -0.15) is 0 Å². The van der Waals surface area contributed by atoms with Gasteiger partial charge in [0, 0.05) is 7.05 Å². The molecule has 0 unspecified atom stereocenters. The molecule has 0 aliphatic carbocycles. The third-order valence-corrected chi connectivity index (χ3v) is 4.89. The molecule has 0 aliphatic rings. The molecule has 1 atom stereocenters. The molecule has 0 fully saturated rings. The Morgan fingerprint density at radius 3 is 2.31 bits per heavy atom. The fourth-order valence-electron chi connectivity index (χ4n) is 2.76. The second-order valence-corrected chi connectivity index (χ2v) is 7.04. The Hall–Kier alpha value is -1.63. The standard InChI is InChI=1S/C19H30BrNO5/c1-8-9-10-14(21(4)19(22)25-7)13-11-15(23-5)17(26-12(2)3)18(24-6)16(13)20/h11-12,14H,8-10H2,1-7H3/t14-/m0/s1. The minimum atomic E-state index is -0.390. The highest BCUT2D eigenvalue weighted by atomic mass is 79.9. The molecule has 0 heterocycles. The summed E-state index contributed by atoms with van der Waals surface area (Å²) in [4.78, 5) is 13.7. The molecule has 0 saturated heterocycles. The maximum absolute atomic E-state index is 12.1. The summed E-state index contributed by atoms with van der Waals surface area (Å²) in [5, 5.41) is 0. The Morgan fingerprint density at radius 2 is 1.85 bits per heavy atom. The van der Waals surface area contributed by atoms with Crippen LogP contribution >= 0.6 is 15.9 Å². The number of rotatable bonds is 9. The van der Waals surface area contributed by atoms with Gasteiger partial charge in [-0.1, -0.05) is 19.8 Å². The number of nitrogens with zero attached hydrogens (tertiary/aromatic N) is 1. The van der Waals surface area contributed by atoms with E-state index in [0.717, 1.165) is 29.3 Å². The van der Waals surface area contributed by atoms with E-state index in [1.54, 1.807) is 26.2 Å². The number of halogens is 1. The lowest BCUT2D eigenvalue weighted by molar-refractivity contribution is 0.114. The van der Waals surface area contributed by atoms with Gasteiger partial charge in [-0.25, -0.2) is 4.79 Å². The van der Waals surface area contributed by atoms with Crippen molar-refractivity contribution >= 4 is 22.0 Å². The van der Waals surface area contributed by atoms with Gasteiger partial charge in [-0.05, 0) is 47.8 Å². The summed E-state index contributed by atoms with van der Waals surface area (Å²) in [6, 6.07) is 1.71. The Kier molecular flexibility index (Phi) is 9.05. The van der Waals surface area contributed by atoms with Crippen molar-refractivity contribution in [1.82, 2.24) is 4.90 Å². The van der Waals surface area contributed by atoms with Gasteiger partial charge in [0.25, 0.3) is 0 Å². The maximum Gasteiger partial charge on any atom is 0.409 e. The molecule has 0 bridgehead atoms. The highest BCUT2D eigenvalue weighted by molar-refractivity contribution is 9.10. The number of carbonyl (C=O) groups is 1. The van der Waals surface area contributed by atoms with Crippen LogP contribution in [0.25, 0.3) is 0 Å². The lowest BCUT2D eigenvalue weighted by atomic mass is 9.99. The number of methoxy groups -OCH3 is 3. The lowest BCUT2D eigenvalue weighted by Crippen LogP contribution is -2.31. The number of benzene rings is 1. The molecule has 6 nitrogen and oxygen atoms in total. The molecule has 7 heteroatoms. The number of hydrogen-bond acceptors (Lipinski definition) is 5. The van der Waals surface area contributed by atoms with E-state index in [9.17, 15) is 4.79 Å². The summed E-state index contributed by atoms with van der Waals surface area (Å²) in [6.45, 7) is 6.00. The number of unbranched alkanes of at least 4 members (excludes halogenated alkanes) is 1. The van der Waals surface area contributed by atoms with Crippen molar-refractivity contribution in [2.24, 2.45) is 0 Å². The molecular weight excluding hydrogens is 402 g/mol. The Labute approximate surface area is 164 Å². The number of ether oxygens (including phenoxy) is 4. The molecule has 0 aliphatic heterocycles. The fraction of sp³-hybridized carbons (Fsp3) is 0.632. The molecule has 0 aromatic heterocycles. The predicted octanol–water partition coefficient (Wildman–Crippen LogP) is 5.18. The van der Waals surface area contributed by atoms with Crippen LogP contribution in [-0.4, -0.2) is 45.5 Å². The molecule has 0 saturated carbocycles. The number of amides is 1. The van der Waals surface area contributed by atoms with E-state index in [4.69, 9.17) is 18.9 Å². The van der Waals surface area contributed by atoms with E-state index >= 15 is 0 Å². The summed E-state index contributed by atoms with van der Waals surface area (Å²) in [5.41, 5.74) is 0.885. The Bertz CT molecular complexity index is 606.